The molecule has 5 N–H and O–H groups in total. The summed E-state index contributed by atoms with van der Waals surface area (Å²) in [5.41, 5.74) is 6.57. The van der Waals surface area contributed by atoms with Crippen molar-refractivity contribution >= 4 is 17.9 Å². The first kappa shape index (κ1) is 29.7. The van der Waals surface area contributed by atoms with Crippen LogP contribution in [0.25, 0.3) is 0 Å². The summed E-state index contributed by atoms with van der Waals surface area (Å²) in [5, 5.41) is 44.3. The molecule has 0 amide bonds. The quantitative estimate of drug-likeness (QED) is 0.308. The van der Waals surface area contributed by atoms with Gasteiger partial charge in [0.15, 0.2) is 0 Å². The zero-order valence-corrected chi connectivity index (χ0v) is 21.4. The fourth-order valence-corrected chi connectivity index (χ4v) is 4.06. The number of aromatic carboxylic acids is 3. The van der Waals surface area contributed by atoms with E-state index in [0.717, 1.165) is 39.4 Å². The largest absolute Gasteiger partial charge is 0.508 e. The number of hydrogen-bond donors (Lipinski definition) is 5. The van der Waals surface area contributed by atoms with Gasteiger partial charge >= 0.3 is 17.9 Å². The van der Waals surface area contributed by atoms with Crippen LogP contribution >= 0.6 is 0 Å². The van der Waals surface area contributed by atoms with E-state index < -0.39 is 23.7 Å². The highest BCUT2D eigenvalue weighted by molar-refractivity contribution is 5.93. The lowest BCUT2D eigenvalue weighted by molar-refractivity contribution is 0.0682. The molecule has 3 aromatic carbocycles. The Bertz CT molecular complexity index is 1080. The van der Waals surface area contributed by atoms with Crippen LogP contribution in [0.5, 0.6) is 11.5 Å². The molecule has 0 unspecified atom stereocenters. The summed E-state index contributed by atoms with van der Waals surface area (Å²) in [6.45, 7) is 12.7. The predicted octanol–water partition coefficient (Wildman–Crippen LogP) is 5.72. The Kier molecular flexibility index (Phi) is 10.2. The van der Waals surface area contributed by atoms with Crippen LogP contribution in [0.1, 0.15) is 70.0 Å². The van der Waals surface area contributed by atoms with Gasteiger partial charge in [-0.15, -0.1) is 0 Å². The average Bonchev–Trinajstić information content (AvgIpc) is 2.65. The van der Waals surface area contributed by atoms with Gasteiger partial charge in [-0.2, -0.15) is 0 Å². The van der Waals surface area contributed by atoms with Gasteiger partial charge in [0.05, 0.1) is 11.1 Å². The molecular formula is C28H32O8. The Morgan fingerprint density at radius 1 is 0.472 bits per heavy atom. The fourth-order valence-electron chi connectivity index (χ4n) is 4.06. The van der Waals surface area contributed by atoms with Crippen molar-refractivity contribution in [1.29, 1.82) is 0 Å². The summed E-state index contributed by atoms with van der Waals surface area (Å²) in [4.78, 5) is 32.0. The highest BCUT2D eigenvalue weighted by atomic mass is 16.4. The van der Waals surface area contributed by atoms with Crippen LogP contribution in [-0.4, -0.2) is 43.4 Å². The molecule has 3 rings (SSSR count). The highest BCUT2D eigenvalue weighted by Crippen LogP contribution is 2.26. The number of phenols is 2. The second-order valence-corrected chi connectivity index (χ2v) is 8.62. The van der Waals surface area contributed by atoms with Crippen molar-refractivity contribution in [2.24, 2.45) is 0 Å². The van der Waals surface area contributed by atoms with Crippen LogP contribution in [0.15, 0.2) is 36.4 Å². The molecule has 3 aromatic rings. The van der Waals surface area contributed by atoms with Crippen LogP contribution in [0.3, 0.4) is 0 Å². The van der Waals surface area contributed by atoms with Crippen molar-refractivity contribution in [3.8, 4) is 11.5 Å². The zero-order chi connectivity index (χ0) is 27.9. The molecule has 0 aliphatic carbocycles. The second kappa shape index (κ2) is 12.4. The first-order chi connectivity index (χ1) is 16.6. The van der Waals surface area contributed by atoms with Gasteiger partial charge in [-0.05, 0) is 82.3 Å². The van der Waals surface area contributed by atoms with Crippen molar-refractivity contribution in [3.63, 3.8) is 0 Å². The molecule has 0 spiro atoms. The molecule has 8 nitrogen and oxygen atoms in total. The Labute approximate surface area is 210 Å². The van der Waals surface area contributed by atoms with Gasteiger partial charge in [0.2, 0.25) is 0 Å². The first-order valence-corrected chi connectivity index (χ1v) is 10.9. The average molecular weight is 497 g/mol. The van der Waals surface area contributed by atoms with Crippen molar-refractivity contribution in [1.82, 2.24) is 0 Å². The second-order valence-electron chi connectivity index (χ2n) is 8.62. The van der Waals surface area contributed by atoms with E-state index in [1.807, 2.05) is 65.8 Å². The number of rotatable bonds is 3. The predicted molar refractivity (Wildman–Crippen MR) is 137 cm³/mol. The normalized spacial score (nSPS) is 9.86. The number of phenolic OH excluding ortho intramolecular Hbond substituents is 1. The van der Waals surface area contributed by atoms with E-state index in [4.69, 9.17) is 25.5 Å². The monoisotopic (exact) mass is 496 g/mol. The summed E-state index contributed by atoms with van der Waals surface area (Å²) in [6.07, 6.45) is 0. The topological polar surface area (TPSA) is 152 Å². The number of carboxylic acids is 3. The molecule has 0 saturated carbocycles. The van der Waals surface area contributed by atoms with Gasteiger partial charge in [-0.25, -0.2) is 14.4 Å². The molecule has 0 aromatic heterocycles. The number of carbonyl (C=O) groups is 3. The molecular weight excluding hydrogens is 464 g/mol. The molecule has 0 aliphatic rings. The van der Waals surface area contributed by atoms with Gasteiger partial charge < -0.3 is 25.5 Å². The maximum atomic E-state index is 10.8. The third-order valence-electron chi connectivity index (χ3n) is 5.30. The van der Waals surface area contributed by atoms with E-state index in [0.29, 0.717) is 16.7 Å². The smallest absolute Gasteiger partial charge is 0.339 e. The van der Waals surface area contributed by atoms with Crippen molar-refractivity contribution in [3.05, 3.63) is 92.0 Å². The SMILES string of the molecule is Cc1cc(C)c(C(=O)O)c(C)c1.Cc1cc(C)c(C(=O)O)c(C)c1.Cc1cc(O)cc(O)c1C(=O)O. The van der Waals surface area contributed by atoms with E-state index in [-0.39, 0.29) is 11.3 Å². The van der Waals surface area contributed by atoms with Gasteiger partial charge in [0, 0.05) is 6.07 Å². The molecule has 192 valence electrons. The lowest BCUT2D eigenvalue weighted by Gasteiger charge is -2.05. The van der Waals surface area contributed by atoms with Gasteiger partial charge in [0.25, 0.3) is 0 Å². The van der Waals surface area contributed by atoms with Crippen LogP contribution < -0.4 is 0 Å². The van der Waals surface area contributed by atoms with Crippen molar-refractivity contribution in [2.75, 3.05) is 0 Å². The molecule has 0 saturated heterocycles. The Balaban J connectivity index is 0.000000270. The summed E-state index contributed by atoms with van der Waals surface area (Å²) in [7, 11) is 0. The molecule has 0 aliphatic heterocycles. The fraction of sp³-hybridized carbons (Fsp3) is 0.250. The van der Waals surface area contributed by atoms with Crippen molar-refractivity contribution < 1.29 is 39.9 Å². The lowest BCUT2D eigenvalue weighted by atomic mass is 10.0. The third kappa shape index (κ3) is 7.87. The molecule has 0 bridgehead atoms. The molecule has 8 heteroatoms. The number of carboxylic acid groups (broad SMARTS) is 3. The Morgan fingerprint density at radius 2 is 0.750 bits per heavy atom. The number of hydrogen-bond acceptors (Lipinski definition) is 5. The summed E-state index contributed by atoms with van der Waals surface area (Å²) in [5.74, 6) is -3.45. The van der Waals surface area contributed by atoms with Crippen LogP contribution in [0, 0.1) is 48.5 Å². The third-order valence-corrected chi connectivity index (χ3v) is 5.30. The number of aromatic hydroxyl groups is 2. The summed E-state index contributed by atoms with van der Waals surface area (Å²) in [6, 6.07) is 9.82. The lowest BCUT2D eigenvalue weighted by Crippen LogP contribution is -2.03. The zero-order valence-electron chi connectivity index (χ0n) is 21.4. The Morgan fingerprint density at radius 3 is 1.00 bits per heavy atom. The number of aryl methyl sites for hydroxylation is 7. The minimum Gasteiger partial charge on any atom is -0.508 e. The highest BCUT2D eigenvalue weighted by Gasteiger charge is 2.13. The van der Waals surface area contributed by atoms with Crippen LogP contribution in [-0.2, 0) is 0 Å². The van der Waals surface area contributed by atoms with Crippen LogP contribution in [0.2, 0.25) is 0 Å². The molecule has 0 radical (unpaired) electrons. The molecule has 36 heavy (non-hydrogen) atoms. The van der Waals surface area contributed by atoms with Gasteiger partial charge in [0.1, 0.15) is 17.1 Å². The summed E-state index contributed by atoms with van der Waals surface area (Å²) >= 11 is 0. The first-order valence-electron chi connectivity index (χ1n) is 10.9. The van der Waals surface area contributed by atoms with E-state index in [9.17, 15) is 14.4 Å². The van der Waals surface area contributed by atoms with Gasteiger partial charge in [-0.3, -0.25) is 0 Å². The molecule has 0 heterocycles. The van der Waals surface area contributed by atoms with E-state index >= 15 is 0 Å². The molecule has 0 atom stereocenters. The number of benzene rings is 3. The maximum Gasteiger partial charge on any atom is 0.339 e. The van der Waals surface area contributed by atoms with E-state index in [1.54, 1.807) is 0 Å². The minimum atomic E-state index is -1.20. The Hall–Kier alpha value is -4.33. The van der Waals surface area contributed by atoms with E-state index in [1.165, 1.54) is 13.0 Å². The van der Waals surface area contributed by atoms with Crippen LogP contribution in [0.4, 0.5) is 0 Å². The standard InChI is InChI=1S/2C10H12O2.C8H8O4/c2*1-6-4-7(2)9(10(11)12)8(3)5-6;1-4-2-5(9)3-6(10)7(4)8(11)12/h2*4-5H,1-3H3,(H,11,12);2-3,9-10H,1H3,(H,11,12). The summed E-state index contributed by atoms with van der Waals surface area (Å²) < 4.78 is 0. The molecule has 0 fully saturated rings. The maximum absolute atomic E-state index is 10.8. The minimum absolute atomic E-state index is 0.144. The van der Waals surface area contributed by atoms with E-state index in [2.05, 4.69) is 0 Å². The van der Waals surface area contributed by atoms with Crippen molar-refractivity contribution in [2.45, 2.75) is 48.5 Å². The van der Waals surface area contributed by atoms with Gasteiger partial charge in [-0.1, -0.05) is 35.4 Å².